The summed E-state index contributed by atoms with van der Waals surface area (Å²) in [7, 11) is 0. The molecule has 0 aromatic heterocycles. The Balaban J connectivity index is 1.43. The predicted octanol–water partition coefficient (Wildman–Crippen LogP) is -3.19. The van der Waals surface area contributed by atoms with Crippen LogP contribution in [0.15, 0.2) is 42.5 Å². The van der Waals surface area contributed by atoms with Gasteiger partial charge in [0, 0.05) is 6.08 Å². The molecule has 15 atom stereocenters. The molecule has 0 spiro atoms. The number of benzene rings is 2. The summed E-state index contributed by atoms with van der Waals surface area (Å²) < 4.78 is 40.2. The van der Waals surface area contributed by atoms with Gasteiger partial charge in [-0.15, -0.1) is 0 Å². The molecule has 0 aliphatic carbocycles. The monoisotopic (exact) mass is 786 g/mol. The third-order valence-corrected chi connectivity index (χ3v) is 9.36. The molecule has 3 aliphatic rings. The second-order valence-corrected chi connectivity index (χ2v) is 13.3. The Morgan fingerprint density at radius 3 is 1.96 bits per heavy atom. The van der Waals surface area contributed by atoms with E-state index in [1.807, 2.05) is 0 Å². The van der Waals surface area contributed by atoms with Crippen molar-refractivity contribution in [3.05, 3.63) is 53.6 Å². The first-order chi connectivity index (χ1) is 26.1. The topological polar surface area (TPSA) is 324 Å². The van der Waals surface area contributed by atoms with Crippen LogP contribution in [0.25, 0.3) is 6.08 Å². The number of aromatic hydroxyl groups is 4. The fourth-order valence-corrected chi connectivity index (χ4v) is 6.14. The quantitative estimate of drug-likeness (QED) is 0.0541. The summed E-state index contributed by atoms with van der Waals surface area (Å²) in [5.74, 6) is -2.71. The highest BCUT2D eigenvalue weighted by molar-refractivity contribution is 5.87. The molecule has 3 heterocycles. The van der Waals surface area contributed by atoms with E-state index in [1.54, 1.807) is 0 Å². The Morgan fingerprint density at radius 2 is 1.29 bits per heavy atom. The molecule has 5 rings (SSSR count). The molecule has 0 saturated carbocycles. The first-order valence-electron chi connectivity index (χ1n) is 17.2. The molecule has 20 nitrogen and oxygen atoms in total. The number of rotatable bonds is 13. The van der Waals surface area contributed by atoms with Crippen LogP contribution in [-0.4, -0.2) is 179 Å². The van der Waals surface area contributed by atoms with Crippen molar-refractivity contribution in [2.45, 2.75) is 105 Å². The van der Waals surface area contributed by atoms with Crippen LogP contribution < -0.4 is 0 Å². The first-order valence-corrected chi connectivity index (χ1v) is 17.2. The molecular weight excluding hydrogens is 740 g/mol. The van der Waals surface area contributed by atoms with Gasteiger partial charge < -0.3 is 94.4 Å². The van der Waals surface area contributed by atoms with Crippen LogP contribution >= 0.6 is 0 Å². The number of hydrogen-bond donors (Lipinski definition) is 12. The molecular formula is C35H46O20. The number of carbonyl (C=O) groups is 1. The molecule has 3 aliphatic heterocycles. The van der Waals surface area contributed by atoms with Gasteiger partial charge in [-0.25, -0.2) is 4.79 Å². The van der Waals surface area contributed by atoms with E-state index in [0.29, 0.717) is 5.56 Å². The van der Waals surface area contributed by atoms with Gasteiger partial charge in [-0.1, -0.05) is 12.1 Å². The minimum absolute atomic E-state index is 0.111. The number of phenols is 4. The Morgan fingerprint density at radius 1 is 0.673 bits per heavy atom. The van der Waals surface area contributed by atoms with Crippen molar-refractivity contribution >= 4 is 12.0 Å². The number of carbonyl (C=O) groups excluding carboxylic acids is 1. The number of esters is 1. The van der Waals surface area contributed by atoms with E-state index in [1.165, 1.54) is 43.3 Å². The lowest BCUT2D eigenvalue weighted by atomic mass is 9.96. The van der Waals surface area contributed by atoms with Crippen LogP contribution in [0.1, 0.15) is 18.1 Å². The molecule has 55 heavy (non-hydrogen) atoms. The second kappa shape index (κ2) is 18.5. The largest absolute Gasteiger partial charge is 0.504 e. The first kappa shape index (κ1) is 42.4. The smallest absolute Gasteiger partial charge is 0.331 e. The molecule has 0 bridgehead atoms. The van der Waals surface area contributed by atoms with E-state index in [4.69, 9.17) is 33.2 Å². The summed E-state index contributed by atoms with van der Waals surface area (Å²) in [6.07, 6.45) is -22.6. The number of aliphatic hydroxyl groups excluding tert-OH is 8. The van der Waals surface area contributed by atoms with Gasteiger partial charge >= 0.3 is 5.97 Å². The van der Waals surface area contributed by atoms with E-state index in [-0.39, 0.29) is 30.1 Å². The molecule has 0 amide bonds. The van der Waals surface area contributed by atoms with Crippen LogP contribution in [0.2, 0.25) is 0 Å². The third kappa shape index (κ3) is 10.0. The number of phenolic OH excluding ortho intramolecular Hbond substituents is 4. The number of hydrogen-bond acceptors (Lipinski definition) is 20. The van der Waals surface area contributed by atoms with Gasteiger partial charge in [-0.3, -0.25) is 0 Å². The Bertz CT molecular complexity index is 1610. The zero-order valence-corrected chi connectivity index (χ0v) is 29.2. The Hall–Kier alpha value is -3.71. The highest BCUT2D eigenvalue weighted by atomic mass is 16.8. The van der Waals surface area contributed by atoms with E-state index < -0.39 is 123 Å². The van der Waals surface area contributed by atoms with Crippen molar-refractivity contribution in [1.82, 2.24) is 0 Å². The maximum absolute atomic E-state index is 13.3. The lowest BCUT2D eigenvalue weighted by molar-refractivity contribution is -0.364. The van der Waals surface area contributed by atoms with Crippen LogP contribution in [-0.2, 0) is 44.4 Å². The van der Waals surface area contributed by atoms with Gasteiger partial charge in [-0.05, 0) is 54.8 Å². The van der Waals surface area contributed by atoms with Crippen molar-refractivity contribution in [3.63, 3.8) is 0 Å². The fraction of sp³-hybridized carbons (Fsp3) is 0.571. The lowest BCUT2D eigenvalue weighted by Crippen LogP contribution is -2.65. The summed E-state index contributed by atoms with van der Waals surface area (Å²) in [5, 5.41) is 123. The normalized spacial score (nSPS) is 36.9. The third-order valence-electron chi connectivity index (χ3n) is 9.36. The van der Waals surface area contributed by atoms with Gasteiger partial charge in [0.2, 0.25) is 0 Å². The summed E-state index contributed by atoms with van der Waals surface area (Å²) in [5.41, 5.74) is 0.773. The summed E-state index contributed by atoms with van der Waals surface area (Å²) >= 11 is 0. The summed E-state index contributed by atoms with van der Waals surface area (Å²) in [6.45, 7) is -0.254. The molecule has 2 aromatic rings. The molecule has 12 N–H and O–H groups in total. The van der Waals surface area contributed by atoms with Crippen molar-refractivity contribution in [2.24, 2.45) is 0 Å². The molecule has 0 unspecified atom stereocenters. The van der Waals surface area contributed by atoms with E-state index in [0.717, 1.165) is 12.1 Å². The molecule has 3 fully saturated rings. The lowest BCUT2D eigenvalue weighted by Gasteiger charge is -2.47. The van der Waals surface area contributed by atoms with E-state index >= 15 is 0 Å². The highest BCUT2D eigenvalue weighted by Crippen LogP contribution is 2.33. The zero-order chi connectivity index (χ0) is 40.1. The second-order valence-electron chi connectivity index (χ2n) is 13.3. The zero-order valence-electron chi connectivity index (χ0n) is 29.2. The van der Waals surface area contributed by atoms with E-state index in [2.05, 4.69) is 0 Å². The van der Waals surface area contributed by atoms with Gasteiger partial charge in [0.05, 0.1) is 25.9 Å². The van der Waals surface area contributed by atoms with E-state index in [9.17, 15) is 66.1 Å². The van der Waals surface area contributed by atoms with Gasteiger partial charge in [0.1, 0.15) is 61.0 Å². The average Bonchev–Trinajstić information content (AvgIpc) is 3.16. The van der Waals surface area contributed by atoms with Gasteiger partial charge in [-0.2, -0.15) is 0 Å². The minimum Gasteiger partial charge on any atom is -0.504 e. The molecule has 306 valence electrons. The molecule has 2 aromatic carbocycles. The highest BCUT2D eigenvalue weighted by Gasteiger charge is 2.53. The summed E-state index contributed by atoms with van der Waals surface area (Å²) in [6, 6.07) is 7.75. The molecule has 20 heteroatoms. The van der Waals surface area contributed by atoms with Crippen LogP contribution in [0.5, 0.6) is 23.0 Å². The molecule has 0 radical (unpaired) electrons. The maximum Gasteiger partial charge on any atom is 0.331 e. The SMILES string of the molecule is C[C@@H]1O[C@H](O[C@@H]2[C@@H](O)[C@H](OCCc3ccc(O)c(O)c3)O[C@H](CO[C@@H]3O[C@H](CO)[C@H](O)[C@H](O)[C@H]3O)[C@H]2OC(=O)C=Cc2ccc(O)c(O)c2)[C@H](O)[C@H](O)[C@H]1O. The van der Waals surface area contributed by atoms with Crippen molar-refractivity contribution in [1.29, 1.82) is 0 Å². The van der Waals surface area contributed by atoms with Crippen molar-refractivity contribution in [2.75, 3.05) is 19.8 Å². The van der Waals surface area contributed by atoms with Crippen molar-refractivity contribution < 1.29 is 99.2 Å². The molecule has 3 saturated heterocycles. The fourth-order valence-electron chi connectivity index (χ4n) is 6.14. The number of aliphatic hydroxyl groups is 8. The summed E-state index contributed by atoms with van der Waals surface area (Å²) in [4.78, 5) is 13.3. The van der Waals surface area contributed by atoms with Gasteiger partial charge in [0.25, 0.3) is 0 Å². The Kier molecular flexibility index (Phi) is 14.3. The minimum atomic E-state index is -1.88. The standard InChI is InChI=1S/C35H46O20/c1-14-24(42)26(44)29(47)35(51-14)55-32-30(48)34(49-9-8-16-3-6-18(38)20(40)11-16)53-22(13-50-33-28(46)27(45)25(43)21(12-36)52-33)31(32)54-23(41)7-4-15-2-5-17(37)19(39)10-15/h2-7,10-11,14,21-22,24-40,42-48H,8-9,12-13H2,1H3/t14-,21+,22+,24-,25-,26+,27-,28+,29+,30+,31+,32+,33+,34+,35+/m0/s1. The average molecular weight is 787 g/mol. The van der Waals surface area contributed by atoms with Crippen LogP contribution in [0.4, 0.5) is 0 Å². The van der Waals surface area contributed by atoms with Crippen LogP contribution in [0, 0.1) is 0 Å². The Labute approximate surface area is 313 Å². The van der Waals surface area contributed by atoms with Crippen molar-refractivity contribution in [3.8, 4) is 23.0 Å². The number of ether oxygens (including phenoxy) is 7. The van der Waals surface area contributed by atoms with Crippen LogP contribution in [0.3, 0.4) is 0 Å². The predicted molar refractivity (Wildman–Crippen MR) is 180 cm³/mol. The maximum atomic E-state index is 13.3. The van der Waals surface area contributed by atoms with Gasteiger partial charge in [0.15, 0.2) is 48.0 Å².